The summed E-state index contributed by atoms with van der Waals surface area (Å²) in [5.41, 5.74) is -0.822. The number of rotatable bonds is 2. The number of likely N-dealkylation sites (tertiary alicyclic amines) is 1. The molecular formula is C16H17FN2O4. The SMILES string of the molecule is COC(=O)[C@]1(C)N[C@H](c2cccc(F)c2)[C@H]2C(=O)N(C)C(=O)[C@@H]21. The summed E-state index contributed by atoms with van der Waals surface area (Å²) in [5.74, 6) is -3.52. The summed E-state index contributed by atoms with van der Waals surface area (Å²) in [5, 5.41) is 3.04. The van der Waals surface area contributed by atoms with Crippen molar-refractivity contribution in [2.24, 2.45) is 11.8 Å². The van der Waals surface area contributed by atoms with Gasteiger partial charge >= 0.3 is 5.97 Å². The predicted octanol–water partition coefficient (Wildman–Crippen LogP) is 0.633. The second-order valence-corrected chi connectivity index (χ2v) is 6.11. The van der Waals surface area contributed by atoms with E-state index in [9.17, 15) is 18.8 Å². The molecular weight excluding hydrogens is 303 g/mol. The summed E-state index contributed by atoms with van der Waals surface area (Å²) >= 11 is 0. The zero-order valence-corrected chi connectivity index (χ0v) is 13.0. The average Bonchev–Trinajstić information content (AvgIpc) is 2.97. The fraction of sp³-hybridized carbons (Fsp3) is 0.438. The van der Waals surface area contributed by atoms with E-state index in [1.807, 2.05) is 0 Å². The van der Waals surface area contributed by atoms with Crippen LogP contribution >= 0.6 is 0 Å². The summed E-state index contributed by atoms with van der Waals surface area (Å²) < 4.78 is 18.4. The number of esters is 1. The van der Waals surface area contributed by atoms with Crippen molar-refractivity contribution in [3.63, 3.8) is 0 Å². The molecule has 7 heteroatoms. The Kier molecular flexibility index (Phi) is 3.48. The standard InChI is InChI=1S/C16H17FN2O4/c1-16(15(22)23-3)11-10(13(20)19(2)14(11)21)12(18-16)8-5-4-6-9(17)7-8/h4-7,10-12,18H,1-3H3/t10-,11+,12+,16+/m0/s1. The molecule has 0 radical (unpaired) electrons. The molecule has 0 aliphatic carbocycles. The molecule has 2 aliphatic heterocycles. The highest BCUT2D eigenvalue weighted by Gasteiger charge is 2.66. The molecule has 2 aliphatic rings. The Hall–Kier alpha value is -2.28. The number of hydrogen-bond donors (Lipinski definition) is 1. The third-order valence-corrected chi connectivity index (χ3v) is 4.83. The van der Waals surface area contributed by atoms with Crippen molar-refractivity contribution in [1.82, 2.24) is 10.2 Å². The summed E-state index contributed by atoms with van der Waals surface area (Å²) in [4.78, 5) is 38.2. The molecule has 2 amide bonds. The molecule has 122 valence electrons. The molecule has 1 N–H and O–H groups in total. The Morgan fingerprint density at radius 2 is 2.04 bits per heavy atom. The highest BCUT2D eigenvalue weighted by atomic mass is 19.1. The van der Waals surface area contributed by atoms with Gasteiger partial charge < -0.3 is 4.74 Å². The topological polar surface area (TPSA) is 75.7 Å². The third-order valence-electron chi connectivity index (χ3n) is 4.83. The summed E-state index contributed by atoms with van der Waals surface area (Å²) in [7, 11) is 2.62. The molecule has 0 bridgehead atoms. The number of nitrogens with zero attached hydrogens (tertiary/aromatic N) is 1. The van der Waals surface area contributed by atoms with Crippen molar-refractivity contribution in [2.75, 3.05) is 14.2 Å². The van der Waals surface area contributed by atoms with Gasteiger partial charge in [0.15, 0.2) is 0 Å². The van der Waals surface area contributed by atoms with E-state index in [0.717, 1.165) is 4.90 Å². The molecule has 1 aromatic rings. The van der Waals surface area contributed by atoms with Crippen LogP contribution in [0, 0.1) is 17.7 Å². The van der Waals surface area contributed by atoms with E-state index in [1.54, 1.807) is 13.0 Å². The molecule has 0 unspecified atom stereocenters. The van der Waals surface area contributed by atoms with Gasteiger partial charge in [0, 0.05) is 13.1 Å². The van der Waals surface area contributed by atoms with Crippen molar-refractivity contribution < 1.29 is 23.5 Å². The lowest BCUT2D eigenvalue weighted by Gasteiger charge is -2.27. The van der Waals surface area contributed by atoms with Crippen molar-refractivity contribution in [2.45, 2.75) is 18.5 Å². The zero-order chi connectivity index (χ0) is 16.9. The number of halogens is 1. The van der Waals surface area contributed by atoms with Gasteiger partial charge in [-0.15, -0.1) is 0 Å². The van der Waals surface area contributed by atoms with Crippen LogP contribution in [0.15, 0.2) is 24.3 Å². The highest BCUT2D eigenvalue weighted by molar-refractivity contribution is 6.09. The van der Waals surface area contributed by atoms with Crippen LogP contribution in [-0.4, -0.2) is 42.4 Å². The first-order chi connectivity index (χ1) is 10.8. The predicted molar refractivity (Wildman–Crippen MR) is 77.5 cm³/mol. The fourth-order valence-corrected chi connectivity index (χ4v) is 3.67. The van der Waals surface area contributed by atoms with Gasteiger partial charge in [0.1, 0.15) is 11.4 Å². The van der Waals surface area contributed by atoms with Crippen LogP contribution in [0.25, 0.3) is 0 Å². The molecule has 0 spiro atoms. The lowest BCUT2D eigenvalue weighted by atomic mass is 9.80. The maximum atomic E-state index is 13.6. The summed E-state index contributed by atoms with van der Waals surface area (Å²) in [6.45, 7) is 1.54. The van der Waals surface area contributed by atoms with Crippen LogP contribution in [0.4, 0.5) is 4.39 Å². The summed E-state index contributed by atoms with van der Waals surface area (Å²) in [6, 6.07) is 5.15. The second kappa shape index (κ2) is 5.13. The molecule has 3 rings (SSSR count). The Bertz CT molecular complexity index is 707. The largest absolute Gasteiger partial charge is 0.468 e. The van der Waals surface area contributed by atoms with E-state index in [0.29, 0.717) is 5.56 Å². The number of fused-ring (bicyclic) bond motifs is 1. The van der Waals surface area contributed by atoms with Gasteiger partial charge in [0.2, 0.25) is 11.8 Å². The van der Waals surface area contributed by atoms with Crippen molar-refractivity contribution >= 4 is 17.8 Å². The fourth-order valence-electron chi connectivity index (χ4n) is 3.67. The van der Waals surface area contributed by atoms with E-state index in [-0.39, 0.29) is 5.91 Å². The lowest BCUT2D eigenvalue weighted by Crippen LogP contribution is -2.53. The van der Waals surface area contributed by atoms with Crippen LogP contribution in [0.3, 0.4) is 0 Å². The van der Waals surface area contributed by atoms with Crippen LogP contribution in [0.5, 0.6) is 0 Å². The molecule has 6 nitrogen and oxygen atoms in total. The Balaban J connectivity index is 2.11. The van der Waals surface area contributed by atoms with Crippen LogP contribution in [0.2, 0.25) is 0 Å². The second-order valence-electron chi connectivity index (χ2n) is 6.11. The maximum Gasteiger partial charge on any atom is 0.326 e. The third kappa shape index (κ3) is 2.07. The van der Waals surface area contributed by atoms with Crippen LogP contribution in [-0.2, 0) is 19.1 Å². The van der Waals surface area contributed by atoms with Crippen molar-refractivity contribution in [3.05, 3.63) is 35.6 Å². The van der Waals surface area contributed by atoms with Crippen molar-refractivity contribution in [3.8, 4) is 0 Å². The number of amides is 2. The van der Waals surface area contributed by atoms with Gasteiger partial charge in [-0.25, -0.2) is 4.39 Å². The van der Waals surface area contributed by atoms with Gasteiger partial charge in [-0.2, -0.15) is 0 Å². The Morgan fingerprint density at radius 3 is 2.65 bits per heavy atom. The number of benzene rings is 1. The molecule has 2 heterocycles. The van der Waals surface area contributed by atoms with E-state index in [1.165, 1.54) is 32.4 Å². The van der Waals surface area contributed by atoms with Gasteiger partial charge in [0.05, 0.1) is 18.9 Å². The minimum absolute atomic E-state index is 0.380. The number of ether oxygens (including phenoxy) is 1. The normalized spacial score (nSPS) is 33.0. The molecule has 0 aromatic heterocycles. The number of hydrogen-bond acceptors (Lipinski definition) is 5. The average molecular weight is 320 g/mol. The number of carbonyl (C=O) groups is 3. The number of carbonyl (C=O) groups excluding carboxylic acids is 3. The molecule has 4 atom stereocenters. The van der Waals surface area contributed by atoms with Gasteiger partial charge in [-0.1, -0.05) is 12.1 Å². The summed E-state index contributed by atoms with van der Waals surface area (Å²) in [6.07, 6.45) is 0. The number of methoxy groups -OCH3 is 1. The highest BCUT2D eigenvalue weighted by Crippen LogP contribution is 2.48. The Labute approximate surface area is 132 Å². The van der Waals surface area contributed by atoms with E-state index >= 15 is 0 Å². The maximum absolute atomic E-state index is 13.6. The first-order valence-electron chi connectivity index (χ1n) is 7.24. The smallest absolute Gasteiger partial charge is 0.326 e. The lowest BCUT2D eigenvalue weighted by molar-refractivity contribution is -0.152. The minimum Gasteiger partial charge on any atom is -0.468 e. The molecule has 1 aromatic carbocycles. The van der Waals surface area contributed by atoms with E-state index in [4.69, 9.17) is 4.74 Å². The molecule has 2 saturated heterocycles. The molecule has 0 saturated carbocycles. The number of imide groups is 1. The van der Waals surface area contributed by atoms with E-state index < -0.39 is 41.1 Å². The van der Waals surface area contributed by atoms with Crippen molar-refractivity contribution in [1.29, 1.82) is 0 Å². The van der Waals surface area contributed by atoms with Crippen LogP contribution < -0.4 is 5.32 Å². The number of nitrogens with one attached hydrogen (secondary N) is 1. The van der Waals surface area contributed by atoms with Gasteiger partial charge in [0.25, 0.3) is 0 Å². The Morgan fingerprint density at radius 1 is 1.35 bits per heavy atom. The monoisotopic (exact) mass is 320 g/mol. The zero-order valence-electron chi connectivity index (χ0n) is 13.0. The quantitative estimate of drug-likeness (QED) is 0.639. The first kappa shape index (κ1) is 15.6. The molecule has 23 heavy (non-hydrogen) atoms. The van der Waals surface area contributed by atoms with Gasteiger partial charge in [-0.05, 0) is 24.6 Å². The first-order valence-corrected chi connectivity index (χ1v) is 7.24. The van der Waals surface area contributed by atoms with Crippen LogP contribution in [0.1, 0.15) is 18.5 Å². The molecule has 2 fully saturated rings. The van der Waals surface area contributed by atoms with Gasteiger partial charge in [-0.3, -0.25) is 24.6 Å². The minimum atomic E-state index is -1.34. The van der Waals surface area contributed by atoms with E-state index in [2.05, 4.69) is 5.32 Å².